The van der Waals surface area contributed by atoms with Crippen molar-refractivity contribution in [2.75, 3.05) is 35.0 Å². The van der Waals surface area contributed by atoms with Gasteiger partial charge >= 0.3 is 0 Å². The second-order valence-corrected chi connectivity index (χ2v) is 6.86. The van der Waals surface area contributed by atoms with Gasteiger partial charge in [-0.25, -0.2) is 0 Å². The van der Waals surface area contributed by atoms with Gasteiger partial charge in [-0.15, -0.1) is 0 Å². The van der Waals surface area contributed by atoms with Crippen LogP contribution in [0.15, 0.2) is 41.4 Å². The number of hydrogen-bond donors (Lipinski definition) is 0. The molecule has 28 heavy (non-hydrogen) atoms. The van der Waals surface area contributed by atoms with Gasteiger partial charge in [0.1, 0.15) is 5.75 Å². The van der Waals surface area contributed by atoms with Crippen LogP contribution in [0.4, 0.5) is 0 Å². The molecular formula is C20H22N2O5S. The number of fused-ring (bicyclic) bond motifs is 1. The Bertz CT molecular complexity index is 1050. The minimum absolute atomic E-state index is 0.337. The van der Waals surface area contributed by atoms with Crippen LogP contribution in [0.2, 0.25) is 0 Å². The fraction of sp³-hybridized carbons (Fsp3) is 0.300. The molecule has 0 aliphatic heterocycles. The predicted molar refractivity (Wildman–Crippen MR) is 108 cm³/mol. The Morgan fingerprint density at radius 2 is 1.79 bits per heavy atom. The summed E-state index contributed by atoms with van der Waals surface area (Å²) in [6, 6.07) is 10.7. The Hall–Kier alpha value is -2.84. The maximum Gasteiger partial charge on any atom is 0.279 e. The summed E-state index contributed by atoms with van der Waals surface area (Å²) >= 11 is 1.41. The zero-order chi connectivity index (χ0) is 20.1. The third-order valence-corrected chi connectivity index (χ3v) is 5.26. The van der Waals surface area contributed by atoms with Crippen LogP contribution in [0.3, 0.4) is 0 Å². The molecule has 1 amide bonds. The fourth-order valence-corrected chi connectivity index (χ4v) is 3.85. The van der Waals surface area contributed by atoms with E-state index in [4.69, 9.17) is 18.9 Å². The summed E-state index contributed by atoms with van der Waals surface area (Å²) < 4.78 is 24.1. The molecule has 1 aromatic heterocycles. The van der Waals surface area contributed by atoms with Crippen molar-refractivity contribution in [2.45, 2.75) is 6.54 Å². The maximum atomic E-state index is 12.7. The lowest BCUT2D eigenvalue weighted by atomic mass is 10.2. The van der Waals surface area contributed by atoms with E-state index in [1.807, 2.05) is 16.7 Å². The number of ether oxygens (including phenoxy) is 4. The minimum Gasteiger partial charge on any atom is -0.497 e. The Kier molecular flexibility index (Phi) is 6.33. The molecule has 0 radical (unpaired) electrons. The van der Waals surface area contributed by atoms with Crippen molar-refractivity contribution in [3.63, 3.8) is 0 Å². The highest BCUT2D eigenvalue weighted by atomic mass is 32.1. The molecule has 1 heterocycles. The number of benzene rings is 2. The van der Waals surface area contributed by atoms with E-state index in [0.29, 0.717) is 40.8 Å². The molecule has 0 bridgehead atoms. The second kappa shape index (κ2) is 8.90. The highest BCUT2D eigenvalue weighted by Gasteiger charge is 2.14. The molecule has 148 valence electrons. The quantitative estimate of drug-likeness (QED) is 0.607. The third-order valence-electron chi connectivity index (χ3n) is 4.22. The van der Waals surface area contributed by atoms with Gasteiger partial charge in [0, 0.05) is 31.4 Å². The Balaban J connectivity index is 2.14. The Labute approximate surface area is 166 Å². The molecule has 7 nitrogen and oxygen atoms in total. The second-order valence-electron chi connectivity index (χ2n) is 5.85. The van der Waals surface area contributed by atoms with Gasteiger partial charge in [0.25, 0.3) is 5.91 Å². The normalized spacial score (nSPS) is 11.6. The number of methoxy groups -OCH3 is 4. The molecule has 0 N–H and O–H groups in total. The van der Waals surface area contributed by atoms with E-state index in [1.54, 1.807) is 52.7 Å². The number of rotatable bonds is 7. The first kappa shape index (κ1) is 19.9. The van der Waals surface area contributed by atoms with E-state index in [0.717, 1.165) is 10.2 Å². The molecule has 3 aromatic rings. The average molecular weight is 402 g/mol. The molecule has 0 aliphatic carbocycles. The maximum absolute atomic E-state index is 12.7. The highest BCUT2D eigenvalue weighted by Crippen LogP contribution is 2.33. The summed E-state index contributed by atoms with van der Waals surface area (Å²) in [5.74, 6) is 1.51. The number of hydrogen-bond acceptors (Lipinski definition) is 6. The van der Waals surface area contributed by atoms with Gasteiger partial charge in [-0.1, -0.05) is 17.4 Å². The summed E-state index contributed by atoms with van der Waals surface area (Å²) in [4.78, 5) is 17.7. The van der Waals surface area contributed by atoms with Crippen molar-refractivity contribution in [3.8, 4) is 17.2 Å². The van der Waals surface area contributed by atoms with Gasteiger partial charge in [0.05, 0.1) is 38.2 Å². The summed E-state index contributed by atoms with van der Waals surface area (Å²) in [7, 11) is 6.38. The van der Waals surface area contributed by atoms with E-state index in [1.165, 1.54) is 11.3 Å². The van der Waals surface area contributed by atoms with Gasteiger partial charge in [-0.3, -0.25) is 4.79 Å². The molecular weight excluding hydrogens is 380 g/mol. The average Bonchev–Trinajstić information content (AvgIpc) is 3.06. The molecule has 0 aliphatic rings. The van der Waals surface area contributed by atoms with Gasteiger partial charge in [0.2, 0.25) is 0 Å². The topological polar surface area (TPSA) is 71.3 Å². The van der Waals surface area contributed by atoms with Crippen molar-refractivity contribution in [3.05, 3.63) is 46.8 Å². The van der Waals surface area contributed by atoms with E-state index >= 15 is 0 Å². The van der Waals surface area contributed by atoms with E-state index in [2.05, 4.69) is 4.99 Å². The lowest BCUT2D eigenvalue weighted by molar-refractivity contribution is 0.0997. The SMILES string of the molecule is COCCn1c(=NC(=O)c2cccc(OC)c2)sc2cc(OC)c(OC)cc21. The lowest BCUT2D eigenvalue weighted by Crippen LogP contribution is -2.19. The van der Waals surface area contributed by atoms with Crippen molar-refractivity contribution >= 4 is 27.5 Å². The van der Waals surface area contributed by atoms with Crippen molar-refractivity contribution < 1.29 is 23.7 Å². The zero-order valence-corrected chi connectivity index (χ0v) is 17.0. The van der Waals surface area contributed by atoms with Crippen LogP contribution in [-0.2, 0) is 11.3 Å². The summed E-state index contributed by atoms with van der Waals surface area (Å²) in [5, 5.41) is 0. The molecule has 0 fully saturated rings. The van der Waals surface area contributed by atoms with Crippen LogP contribution in [0.5, 0.6) is 17.2 Å². The van der Waals surface area contributed by atoms with E-state index in [-0.39, 0.29) is 5.91 Å². The van der Waals surface area contributed by atoms with Gasteiger partial charge < -0.3 is 23.5 Å². The van der Waals surface area contributed by atoms with E-state index in [9.17, 15) is 4.79 Å². The monoisotopic (exact) mass is 402 g/mol. The Morgan fingerprint density at radius 1 is 1.04 bits per heavy atom. The van der Waals surface area contributed by atoms with Gasteiger partial charge in [0.15, 0.2) is 16.3 Å². The summed E-state index contributed by atoms with van der Waals surface area (Å²) in [5.41, 5.74) is 1.36. The molecule has 0 spiro atoms. The first-order chi connectivity index (χ1) is 13.6. The molecule has 0 unspecified atom stereocenters. The molecule has 0 saturated carbocycles. The molecule has 8 heteroatoms. The van der Waals surface area contributed by atoms with Crippen molar-refractivity contribution in [2.24, 2.45) is 4.99 Å². The number of thiazole rings is 1. The van der Waals surface area contributed by atoms with Gasteiger partial charge in [-0.2, -0.15) is 4.99 Å². The summed E-state index contributed by atoms with van der Waals surface area (Å²) in [6.45, 7) is 1.04. The van der Waals surface area contributed by atoms with Crippen molar-refractivity contribution in [1.82, 2.24) is 4.57 Å². The zero-order valence-electron chi connectivity index (χ0n) is 16.2. The molecule has 2 aromatic carbocycles. The number of carbonyl (C=O) groups is 1. The molecule has 0 saturated heterocycles. The van der Waals surface area contributed by atoms with Crippen molar-refractivity contribution in [1.29, 1.82) is 0 Å². The first-order valence-corrected chi connectivity index (χ1v) is 9.40. The molecule has 0 atom stereocenters. The van der Waals surface area contributed by atoms with Crippen LogP contribution in [0.1, 0.15) is 10.4 Å². The van der Waals surface area contributed by atoms with Gasteiger partial charge in [-0.05, 0) is 18.2 Å². The smallest absolute Gasteiger partial charge is 0.279 e. The van der Waals surface area contributed by atoms with Crippen LogP contribution < -0.4 is 19.0 Å². The molecule has 3 rings (SSSR count). The number of carbonyl (C=O) groups excluding carboxylic acids is 1. The van der Waals surface area contributed by atoms with E-state index < -0.39 is 0 Å². The summed E-state index contributed by atoms with van der Waals surface area (Å²) in [6.07, 6.45) is 0. The lowest BCUT2D eigenvalue weighted by Gasteiger charge is -2.09. The number of aromatic nitrogens is 1. The number of nitrogens with zero attached hydrogens (tertiary/aromatic N) is 2. The van der Waals surface area contributed by atoms with Crippen LogP contribution in [-0.4, -0.2) is 45.5 Å². The van der Waals surface area contributed by atoms with Crippen LogP contribution in [0.25, 0.3) is 10.2 Å². The predicted octanol–water partition coefficient (Wildman–Crippen LogP) is 3.12. The largest absolute Gasteiger partial charge is 0.497 e. The Morgan fingerprint density at radius 3 is 2.46 bits per heavy atom. The van der Waals surface area contributed by atoms with Crippen LogP contribution >= 0.6 is 11.3 Å². The number of amides is 1. The highest BCUT2D eigenvalue weighted by molar-refractivity contribution is 7.16. The van der Waals surface area contributed by atoms with Crippen LogP contribution in [0, 0.1) is 0 Å². The first-order valence-electron chi connectivity index (χ1n) is 8.58. The third kappa shape index (κ3) is 4.02. The minimum atomic E-state index is -0.337. The fourth-order valence-electron chi connectivity index (χ4n) is 2.79. The standard InChI is InChI=1S/C20H22N2O5S/c1-24-9-8-22-15-11-16(26-3)17(27-4)12-18(15)28-20(22)21-19(23)13-6-5-7-14(10-13)25-2/h5-7,10-12H,8-9H2,1-4H3.